The van der Waals surface area contributed by atoms with Gasteiger partial charge in [0, 0.05) is 19.8 Å². The molecule has 0 rings (SSSR count). The van der Waals surface area contributed by atoms with Gasteiger partial charge in [0.1, 0.15) is 6.10 Å². The van der Waals surface area contributed by atoms with Crippen molar-refractivity contribution < 1.29 is 14.2 Å². The standard InChI is InChI=1S/C12H27NO3/c1-6-11(13)12(15-8-3,16-9-4)10(5)14-7-2/h10-11H,6-9,13H2,1-5H3. The average Bonchev–Trinajstić information content (AvgIpc) is 2.27. The van der Waals surface area contributed by atoms with Gasteiger partial charge in [0.2, 0.25) is 5.79 Å². The fourth-order valence-electron chi connectivity index (χ4n) is 1.89. The Labute approximate surface area is 99.4 Å². The summed E-state index contributed by atoms with van der Waals surface area (Å²) in [5.74, 6) is -0.825. The van der Waals surface area contributed by atoms with E-state index >= 15 is 0 Å². The predicted octanol–water partition coefficient (Wildman–Crippen LogP) is 1.92. The quantitative estimate of drug-likeness (QED) is 0.618. The smallest absolute Gasteiger partial charge is 0.210 e. The van der Waals surface area contributed by atoms with E-state index in [9.17, 15) is 0 Å². The van der Waals surface area contributed by atoms with Crippen molar-refractivity contribution in [2.75, 3.05) is 19.8 Å². The summed E-state index contributed by atoms with van der Waals surface area (Å²) in [7, 11) is 0. The lowest BCUT2D eigenvalue weighted by atomic mass is 9.99. The van der Waals surface area contributed by atoms with E-state index in [4.69, 9.17) is 19.9 Å². The highest BCUT2D eigenvalue weighted by atomic mass is 16.7. The van der Waals surface area contributed by atoms with Crippen LogP contribution in [-0.4, -0.2) is 37.8 Å². The molecule has 2 atom stereocenters. The summed E-state index contributed by atoms with van der Waals surface area (Å²) in [6, 6.07) is -0.186. The Morgan fingerprint density at radius 3 is 1.81 bits per heavy atom. The van der Waals surface area contributed by atoms with Crippen LogP contribution in [0.5, 0.6) is 0 Å². The Kier molecular flexibility index (Phi) is 7.93. The summed E-state index contributed by atoms with van der Waals surface area (Å²) < 4.78 is 17.1. The summed E-state index contributed by atoms with van der Waals surface area (Å²) >= 11 is 0. The molecule has 4 nitrogen and oxygen atoms in total. The van der Waals surface area contributed by atoms with Gasteiger partial charge in [-0.2, -0.15) is 0 Å². The number of hydrogen-bond donors (Lipinski definition) is 1. The van der Waals surface area contributed by atoms with Crippen molar-refractivity contribution in [2.24, 2.45) is 5.73 Å². The van der Waals surface area contributed by atoms with Crippen LogP contribution in [-0.2, 0) is 14.2 Å². The second kappa shape index (κ2) is 8.01. The zero-order chi connectivity index (χ0) is 12.6. The van der Waals surface area contributed by atoms with E-state index in [0.29, 0.717) is 19.8 Å². The monoisotopic (exact) mass is 233 g/mol. The van der Waals surface area contributed by atoms with Gasteiger partial charge in [-0.3, -0.25) is 0 Å². The Balaban J connectivity index is 4.89. The van der Waals surface area contributed by atoms with Crippen LogP contribution in [0.3, 0.4) is 0 Å². The molecule has 2 unspecified atom stereocenters. The number of ether oxygens (including phenoxy) is 3. The highest BCUT2D eigenvalue weighted by molar-refractivity contribution is 4.88. The Bertz CT molecular complexity index is 170. The maximum absolute atomic E-state index is 6.13. The van der Waals surface area contributed by atoms with Crippen molar-refractivity contribution in [2.45, 2.75) is 59.0 Å². The van der Waals surface area contributed by atoms with Gasteiger partial charge >= 0.3 is 0 Å². The van der Waals surface area contributed by atoms with Gasteiger partial charge in [0.15, 0.2) is 0 Å². The molecular weight excluding hydrogens is 206 g/mol. The average molecular weight is 233 g/mol. The third-order valence-corrected chi connectivity index (χ3v) is 2.68. The van der Waals surface area contributed by atoms with Gasteiger partial charge in [-0.25, -0.2) is 0 Å². The molecule has 0 saturated heterocycles. The van der Waals surface area contributed by atoms with Crippen LogP contribution in [0.25, 0.3) is 0 Å². The van der Waals surface area contributed by atoms with E-state index in [0.717, 1.165) is 6.42 Å². The van der Waals surface area contributed by atoms with Gasteiger partial charge in [-0.15, -0.1) is 0 Å². The molecule has 4 heteroatoms. The molecule has 0 aliphatic heterocycles. The van der Waals surface area contributed by atoms with Crippen molar-refractivity contribution in [1.29, 1.82) is 0 Å². The SMILES string of the molecule is CCOC(C)C(OCC)(OCC)C(N)CC. The predicted molar refractivity (Wildman–Crippen MR) is 65.3 cm³/mol. The Morgan fingerprint density at radius 1 is 1.00 bits per heavy atom. The maximum Gasteiger partial charge on any atom is 0.210 e. The van der Waals surface area contributed by atoms with Gasteiger partial charge in [-0.1, -0.05) is 6.92 Å². The third kappa shape index (κ3) is 3.70. The zero-order valence-corrected chi connectivity index (χ0v) is 11.3. The van der Waals surface area contributed by atoms with E-state index in [2.05, 4.69) is 0 Å². The maximum atomic E-state index is 6.13. The van der Waals surface area contributed by atoms with Crippen LogP contribution in [0.1, 0.15) is 41.0 Å². The molecule has 98 valence electrons. The van der Waals surface area contributed by atoms with E-state index in [1.165, 1.54) is 0 Å². The van der Waals surface area contributed by atoms with Crippen LogP contribution >= 0.6 is 0 Å². The molecule has 0 aliphatic rings. The highest BCUT2D eigenvalue weighted by Gasteiger charge is 2.43. The van der Waals surface area contributed by atoms with Crippen LogP contribution < -0.4 is 5.73 Å². The lowest BCUT2D eigenvalue weighted by Crippen LogP contribution is -2.59. The van der Waals surface area contributed by atoms with E-state index in [-0.39, 0.29) is 12.1 Å². The lowest BCUT2D eigenvalue weighted by Gasteiger charge is -2.41. The van der Waals surface area contributed by atoms with E-state index < -0.39 is 5.79 Å². The molecule has 0 fully saturated rings. The molecule has 2 N–H and O–H groups in total. The number of rotatable bonds is 9. The Morgan fingerprint density at radius 2 is 1.50 bits per heavy atom. The molecule has 0 aromatic rings. The summed E-state index contributed by atoms with van der Waals surface area (Å²) in [6.45, 7) is 11.6. The van der Waals surface area contributed by atoms with Crippen molar-refractivity contribution in [3.05, 3.63) is 0 Å². The number of hydrogen-bond acceptors (Lipinski definition) is 4. The van der Waals surface area contributed by atoms with E-state index in [1.807, 2.05) is 34.6 Å². The zero-order valence-electron chi connectivity index (χ0n) is 11.3. The minimum Gasteiger partial charge on any atom is -0.373 e. The van der Waals surface area contributed by atoms with Crippen molar-refractivity contribution in [3.8, 4) is 0 Å². The minimum absolute atomic E-state index is 0.174. The van der Waals surface area contributed by atoms with Crippen molar-refractivity contribution >= 4 is 0 Å². The van der Waals surface area contributed by atoms with Crippen molar-refractivity contribution in [1.82, 2.24) is 0 Å². The van der Waals surface area contributed by atoms with Gasteiger partial charge < -0.3 is 19.9 Å². The first-order chi connectivity index (χ1) is 7.58. The summed E-state index contributed by atoms with van der Waals surface area (Å²) in [5, 5.41) is 0. The fourth-order valence-corrected chi connectivity index (χ4v) is 1.89. The van der Waals surface area contributed by atoms with Crippen LogP contribution in [0.2, 0.25) is 0 Å². The third-order valence-electron chi connectivity index (χ3n) is 2.68. The first-order valence-corrected chi connectivity index (χ1v) is 6.23. The van der Waals surface area contributed by atoms with Gasteiger partial charge in [0.05, 0.1) is 6.04 Å². The summed E-state index contributed by atoms with van der Waals surface area (Å²) in [5.41, 5.74) is 6.13. The molecule has 16 heavy (non-hydrogen) atoms. The normalized spacial score (nSPS) is 16.1. The Hall–Kier alpha value is -0.160. The molecule has 0 saturated carbocycles. The topological polar surface area (TPSA) is 53.7 Å². The molecule has 0 aliphatic carbocycles. The summed E-state index contributed by atoms with van der Waals surface area (Å²) in [4.78, 5) is 0. The van der Waals surface area contributed by atoms with Crippen molar-refractivity contribution in [3.63, 3.8) is 0 Å². The highest BCUT2D eigenvalue weighted by Crippen LogP contribution is 2.26. The first kappa shape index (κ1) is 15.8. The first-order valence-electron chi connectivity index (χ1n) is 6.23. The van der Waals surface area contributed by atoms with E-state index in [1.54, 1.807) is 0 Å². The van der Waals surface area contributed by atoms with Gasteiger partial charge in [0.25, 0.3) is 0 Å². The molecule has 0 amide bonds. The largest absolute Gasteiger partial charge is 0.373 e. The van der Waals surface area contributed by atoms with Crippen LogP contribution in [0.4, 0.5) is 0 Å². The molecule has 0 spiro atoms. The molecule has 0 radical (unpaired) electrons. The lowest BCUT2D eigenvalue weighted by molar-refractivity contribution is -0.295. The molecule has 0 aromatic carbocycles. The number of nitrogens with two attached hydrogens (primary N) is 1. The second-order valence-electron chi connectivity index (χ2n) is 3.70. The molecule has 0 heterocycles. The van der Waals surface area contributed by atoms with Gasteiger partial charge in [-0.05, 0) is 34.1 Å². The van der Waals surface area contributed by atoms with Crippen LogP contribution in [0.15, 0.2) is 0 Å². The molecule has 0 bridgehead atoms. The minimum atomic E-state index is -0.825. The van der Waals surface area contributed by atoms with Crippen LogP contribution in [0, 0.1) is 0 Å². The molecular formula is C12H27NO3. The molecule has 0 aromatic heterocycles. The second-order valence-corrected chi connectivity index (χ2v) is 3.70. The fraction of sp³-hybridized carbons (Fsp3) is 1.00. The summed E-state index contributed by atoms with van der Waals surface area (Å²) in [6.07, 6.45) is 0.615.